The Bertz CT molecular complexity index is 231. The van der Waals surface area contributed by atoms with E-state index in [2.05, 4.69) is 15.3 Å². The summed E-state index contributed by atoms with van der Waals surface area (Å²) in [6.45, 7) is 7.78. The molecule has 0 heterocycles. The van der Waals surface area contributed by atoms with Crippen LogP contribution >= 0.6 is 0 Å². The van der Waals surface area contributed by atoms with E-state index in [4.69, 9.17) is 5.53 Å². The van der Waals surface area contributed by atoms with E-state index in [0.29, 0.717) is 0 Å². The first-order chi connectivity index (χ1) is 6.49. The number of hydrogen-bond donors (Lipinski definition) is 1. The van der Waals surface area contributed by atoms with Crippen LogP contribution in [0.1, 0.15) is 27.7 Å². The second-order valence-electron chi connectivity index (χ2n) is 3.84. The molecule has 1 unspecified atom stereocenters. The van der Waals surface area contributed by atoms with Crippen molar-refractivity contribution in [2.24, 2.45) is 11.0 Å². The molecule has 0 bridgehead atoms. The molecule has 0 fully saturated rings. The minimum Gasteiger partial charge on any atom is -0.305 e. The van der Waals surface area contributed by atoms with Gasteiger partial charge in [-0.15, -0.1) is 0 Å². The van der Waals surface area contributed by atoms with Crippen molar-refractivity contribution in [2.75, 3.05) is 6.54 Å². The van der Waals surface area contributed by atoms with E-state index in [1.807, 2.05) is 27.7 Å². The molecule has 1 atom stereocenters. The molecule has 80 valence electrons. The molecule has 0 saturated carbocycles. The summed E-state index contributed by atoms with van der Waals surface area (Å²) >= 11 is 0. The number of Topliss-reactive ketones (excluding diaryl/α,β-unsaturated/α-hetero) is 1. The molecule has 0 saturated heterocycles. The van der Waals surface area contributed by atoms with Crippen LogP contribution in [-0.2, 0) is 4.79 Å². The molecule has 0 aliphatic heterocycles. The van der Waals surface area contributed by atoms with Gasteiger partial charge in [-0.2, -0.15) is 0 Å². The van der Waals surface area contributed by atoms with E-state index in [1.165, 1.54) is 0 Å². The number of carbonyl (C=O) groups excluding carboxylic acids is 1. The predicted octanol–water partition coefficient (Wildman–Crippen LogP) is 1.89. The van der Waals surface area contributed by atoms with Gasteiger partial charge in [-0.25, -0.2) is 0 Å². The molecule has 0 amide bonds. The van der Waals surface area contributed by atoms with Crippen LogP contribution in [0.5, 0.6) is 0 Å². The van der Waals surface area contributed by atoms with Crippen molar-refractivity contribution < 1.29 is 4.79 Å². The molecule has 5 nitrogen and oxygen atoms in total. The van der Waals surface area contributed by atoms with Crippen LogP contribution in [-0.4, -0.2) is 24.4 Å². The average molecular weight is 198 g/mol. The van der Waals surface area contributed by atoms with Crippen molar-refractivity contribution >= 4 is 5.78 Å². The molecular formula is C9H18N4O. The zero-order valence-electron chi connectivity index (χ0n) is 9.19. The van der Waals surface area contributed by atoms with Crippen molar-refractivity contribution in [3.63, 3.8) is 0 Å². The third kappa shape index (κ3) is 4.84. The van der Waals surface area contributed by atoms with Crippen molar-refractivity contribution in [3.05, 3.63) is 10.4 Å². The Morgan fingerprint density at radius 1 is 1.43 bits per heavy atom. The van der Waals surface area contributed by atoms with E-state index in [0.717, 1.165) is 0 Å². The Kier molecular flexibility index (Phi) is 5.92. The largest absolute Gasteiger partial charge is 0.305 e. The molecular weight excluding hydrogens is 180 g/mol. The van der Waals surface area contributed by atoms with Gasteiger partial charge >= 0.3 is 0 Å². The highest BCUT2D eigenvalue weighted by molar-refractivity contribution is 5.86. The Balaban J connectivity index is 4.37. The maximum atomic E-state index is 11.6. The minimum absolute atomic E-state index is 0.0415. The van der Waals surface area contributed by atoms with Crippen LogP contribution < -0.4 is 5.32 Å². The number of carbonyl (C=O) groups is 1. The quantitative estimate of drug-likeness (QED) is 0.402. The Labute approximate surface area is 84.5 Å². The summed E-state index contributed by atoms with van der Waals surface area (Å²) in [5.74, 6) is 0.0474. The normalized spacial score (nSPS) is 12.7. The minimum atomic E-state index is -0.356. The van der Waals surface area contributed by atoms with Crippen LogP contribution in [0, 0.1) is 5.92 Å². The number of azide groups is 1. The smallest absolute Gasteiger partial charge is 0.152 e. The number of ketones is 1. The van der Waals surface area contributed by atoms with Gasteiger partial charge < -0.3 is 5.32 Å². The summed E-state index contributed by atoms with van der Waals surface area (Å²) in [5, 5.41) is 6.51. The standard InChI is InChI=1S/C9H18N4O/c1-6(2)9(14)8(5-11-13-10)12-7(3)4/h6-8,12H,5H2,1-4H3. The van der Waals surface area contributed by atoms with Gasteiger partial charge in [-0.3, -0.25) is 4.79 Å². The maximum absolute atomic E-state index is 11.6. The van der Waals surface area contributed by atoms with Crippen LogP contribution in [0.3, 0.4) is 0 Å². The van der Waals surface area contributed by atoms with Crippen LogP contribution in [0.15, 0.2) is 5.11 Å². The summed E-state index contributed by atoms with van der Waals surface area (Å²) in [6.07, 6.45) is 0. The number of rotatable bonds is 6. The summed E-state index contributed by atoms with van der Waals surface area (Å²) in [7, 11) is 0. The molecule has 0 aromatic heterocycles. The van der Waals surface area contributed by atoms with Crippen molar-refractivity contribution in [1.82, 2.24) is 5.32 Å². The summed E-state index contributed by atoms with van der Waals surface area (Å²) < 4.78 is 0. The highest BCUT2D eigenvalue weighted by atomic mass is 16.1. The van der Waals surface area contributed by atoms with Gasteiger partial charge in [0.1, 0.15) is 0 Å². The maximum Gasteiger partial charge on any atom is 0.152 e. The lowest BCUT2D eigenvalue weighted by atomic mass is 10.0. The fourth-order valence-electron chi connectivity index (χ4n) is 1.15. The van der Waals surface area contributed by atoms with Crippen molar-refractivity contribution in [2.45, 2.75) is 39.8 Å². The monoisotopic (exact) mass is 198 g/mol. The van der Waals surface area contributed by atoms with E-state index in [1.54, 1.807) is 0 Å². The summed E-state index contributed by atoms with van der Waals surface area (Å²) in [4.78, 5) is 14.3. The molecule has 0 aliphatic carbocycles. The van der Waals surface area contributed by atoms with Crippen molar-refractivity contribution in [1.29, 1.82) is 0 Å². The lowest BCUT2D eigenvalue weighted by molar-refractivity contribution is -0.123. The van der Waals surface area contributed by atoms with Gasteiger partial charge in [-0.05, 0) is 5.53 Å². The fraction of sp³-hybridized carbons (Fsp3) is 0.889. The first-order valence-corrected chi connectivity index (χ1v) is 4.79. The zero-order valence-corrected chi connectivity index (χ0v) is 9.19. The van der Waals surface area contributed by atoms with E-state index >= 15 is 0 Å². The van der Waals surface area contributed by atoms with E-state index < -0.39 is 0 Å². The average Bonchev–Trinajstić information content (AvgIpc) is 2.10. The van der Waals surface area contributed by atoms with Gasteiger partial charge in [-0.1, -0.05) is 32.8 Å². The molecule has 0 aromatic carbocycles. The SMILES string of the molecule is CC(C)NC(CN=[N+]=[N-])C(=O)C(C)C. The van der Waals surface area contributed by atoms with Gasteiger partial charge in [0.15, 0.2) is 5.78 Å². The molecule has 0 rings (SSSR count). The van der Waals surface area contributed by atoms with Gasteiger partial charge in [0.05, 0.1) is 6.04 Å². The van der Waals surface area contributed by atoms with Gasteiger partial charge in [0, 0.05) is 23.4 Å². The second kappa shape index (κ2) is 6.40. The third-order valence-electron chi connectivity index (χ3n) is 1.77. The molecule has 0 aliphatic rings. The lowest BCUT2D eigenvalue weighted by Gasteiger charge is -2.19. The van der Waals surface area contributed by atoms with Crippen LogP contribution in [0.25, 0.3) is 10.4 Å². The lowest BCUT2D eigenvalue weighted by Crippen LogP contribution is -2.44. The van der Waals surface area contributed by atoms with Gasteiger partial charge in [0.25, 0.3) is 0 Å². The van der Waals surface area contributed by atoms with E-state index in [-0.39, 0.29) is 30.3 Å². The molecule has 0 spiro atoms. The second-order valence-corrected chi connectivity index (χ2v) is 3.84. The van der Waals surface area contributed by atoms with Crippen LogP contribution in [0.2, 0.25) is 0 Å². The molecule has 1 N–H and O–H groups in total. The molecule has 0 aromatic rings. The number of nitrogens with zero attached hydrogens (tertiary/aromatic N) is 3. The third-order valence-corrected chi connectivity index (χ3v) is 1.77. The topological polar surface area (TPSA) is 77.9 Å². The highest BCUT2D eigenvalue weighted by Gasteiger charge is 2.20. The zero-order chi connectivity index (χ0) is 11.1. The van der Waals surface area contributed by atoms with Crippen LogP contribution in [0.4, 0.5) is 0 Å². The summed E-state index contributed by atoms with van der Waals surface area (Å²) in [6, 6.07) is -0.150. The fourth-order valence-corrected chi connectivity index (χ4v) is 1.15. The Morgan fingerprint density at radius 3 is 2.36 bits per heavy atom. The highest BCUT2D eigenvalue weighted by Crippen LogP contribution is 2.02. The van der Waals surface area contributed by atoms with Gasteiger partial charge in [0.2, 0.25) is 0 Å². The Morgan fingerprint density at radius 2 is 2.00 bits per heavy atom. The first-order valence-electron chi connectivity index (χ1n) is 4.79. The number of nitrogens with one attached hydrogen (secondary N) is 1. The predicted molar refractivity (Wildman–Crippen MR) is 55.9 cm³/mol. The molecule has 0 radical (unpaired) electrons. The molecule has 14 heavy (non-hydrogen) atoms. The molecule has 5 heteroatoms. The number of hydrogen-bond acceptors (Lipinski definition) is 3. The van der Waals surface area contributed by atoms with Crippen molar-refractivity contribution in [3.8, 4) is 0 Å². The summed E-state index contributed by atoms with van der Waals surface area (Å²) in [5.41, 5.74) is 8.19. The Hall–Kier alpha value is -1.06. The van der Waals surface area contributed by atoms with E-state index in [9.17, 15) is 4.79 Å². The first kappa shape index (κ1) is 12.9.